The molecule has 1 aliphatic carbocycles. The Labute approximate surface area is 102 Å². The van der Waals surface area contributed by atoms with Crippen molar-refractivity contribution in [3.8, 4) is 0 Å². The Morgan fingerprint density at radius 1 is 1.38 bits per heavy atom. The van der Waals surface area contributed by atoms with Gasteiger partial charge in [-0.3, -0.25) is 4.79 Å². The van der Waals surface area contributed by atoms with E-state index in [1.165, 1.54) is 0 Å². The largest absolute Gasteiger partial charge is 0.338 e. The Kier molecular flexibility index (Phi) is 5.05. The molecule has 1 amide bonds. The molecule has 0 heterocycles. The molecule has 0 aromatic rings. The van der Waals surface area contributed by atoms with Gasteiger partial charge in [-0.1, -0.05) is 12.8 Å². The highest BCUT2D eigenvalue weighted by Crippen LogP contribution is 2.23. The summed E-state index contributed by atoms with van der Waals surface area (Å²) < 4.78 is 22.2. The van der Waals surface area contributed by atoms with Crippen LogP contribution in [0.3, 0.4) is 0 Å². The van der Waals surface area contributed by atoms with Gasteiger partial charge in [-0.05, 0) is 12.8 Å². The van der Waals surface area contributed by atoms with Gasteiger partial charge in [0.05, 0.1) is 0 Å². The van der Waals surface area contributed by atoms with Crippen LogP contribution in [0.1, 0.15) is 25.7 Å². The number of sulfone groups is 1. The molecule has 4 nitrogen and oxygen atoms in total. The van der Waals surface area contributed by atoms with E-state index in [9.17, 15) is 13.2 Å². The summed E-state index contributed by atoms with van der Waals surface area (Å²) >= 11 is 5.65. The van der Waals surface area contributed by atoms with E-state index in [2.05, 4.69) is 0 Å². The van der Waals surface area contributed by atoms with Gasteiger partial charge in [0.2, 0.25) is 5.91 Å². The standard InChI is InChI=1S/C10H18ClNO3S/c1-16(14,15)8-10(13)12(7-6-11)9-4-2-3-5-9/h9H,2-8H2,1H3. The molecule has 1 saturated carbocycles. The lowest BCUT2D eigenvalue weighted by Crippen LogP contribution is -2.43. The molecule has 1 aliphatic rings. The molecule has 1 rings (SSSR count). The van der Waals surface area contributed by atoms with E-state index < -0.39 is 15.6 Å². The minimum Gasteiger partial charge on any atom is -0.338 e. The first-order chi connectivity index (χ1) is 7.44. The summed E-state index contributed by atoms with van der Waals surface area (Å²) in [7, 11) is -3.25. The second-order valence-corrected chi connectivity index (χ2v) is 6.80. The van der Waals surface area contributed by atoms with Crippen LogP contribution in [-0.4, -0.2) is 49.7 Å². The maximum absolute atomic E-state index is 11.8. The van der Waals surface area contributed by atoms with Gasteiger partial charge in [-0.15, -0.1) is 11.6 Å². The minimum atomic E-state index is -3.25. The average molecular weight is 268 g/mol. The minimum absolute atomic E-state index is 0.188. The van der Waals surface area contributed by atoms with Crippen molar-refractivity contribution in [2.45, 2.75) is 31.7 Å². The summed E-state index contributed by atoms with van der Waals surface area (Å²) in [5.41, 5.74) is 0. The summed E-state index contributed by atoms with van der Waals surface area (Å²) in [6.07, 6.45) is 5.22. The van der Waals surface area contributed by atoms with E-state index in [1.54, 1.807) is 4.90 Å². The zero-order valence-electron chi connectivity index (χ0n) is 9.49. The number of nitrogens with zero attached hydrogens (tertiary/aromatic N) is 1. The molecule has 0 saturated heterocycles. The third kappa shape index (κ3) is 4.29. The maximum Gasteiger partial charge on any atom is 0.238 e. The maximum atomic E-state index is 11.8. The Morgan fingerprint density at radius 2 is 1.94 bits per heavy atom. The number of hydrogen-bond acceptors (Lipinski definition) is 3. The predicted octanol–water partition coefficient (Wildman–Crippen LogP) is 1.04. The van der Waals surface area contributed by atoms with Gasteiger partial charge in [0, 0.05) is 24.7 Å². The van der Waals surface area contributed by atoms with Gasteiger partial charge in [0.25, 0.3) is 0 Å². The topological polar surface area (TPSA) is 54.5 Å². The molecule has 94 valence electrons. The molecule has 0 aliphatic heterocycles. The van der Waals surface area contributed by atoms with E-state index in [-0.39, 0.29) is 11.9 Å². The summed E-state index contributed by atoms with van der Waals surface area (Å²) in [6.45, 7) is 0.445. The average Bonchev–Trinajstić information content (AvgIpc) is 2.63. The highest BCUT2D eigenvalue weighted by molar-refractivity contribution is 7.91. The molecular formula is C10H18ClNO3S. The predicted molar refractivity (Wildman–Crippen MR) is 64.4 cm³/mol. The smallest absolute Gasteiger partial charge is 0.238 e. The molecule has 16 heavy (non-hydrogen) atoms. The Morgan fingerprint density at radius 3 is 2.38 bits per heavy atom. The SMILES string of the molecule is CS(=O)(=O)CC(=O)N(CCCl)C1CCCC1. The summed E-state index contributed by atoms with van der Waals surface area (Å²) in [6, 6.07) is 0.188. The lowest BCUT2D eigenvalue weighted by molar-refractivity contribution is -0.130. The highest BCUT2D eigenvalue weighted by atomic mass is 35.5. The van der Waals surface area contributed by atoms with Gasteiger partial charge in [-0.25, -0.2) is 8.42 Å². The molecule has 0 aromatic carbocycles. The molecule has 0 N–H and O–H groups in total. The number of halogens is 1. The van der Waals surface area contributed by atoms with E-state index in [0.29, 0.717) is 12.4 Å². The van der Waals surface area contributed by atoms with Crippen LogP contribution in [0.5, 0.6) is 0 Å². The van der Waals surface area contributed by atoms with Crippen molar-refractivity contribution in [1.29, 1.82) is 0 Å². The fourth-order valence-corrected chi connectivity index (χ4v) is 2.92. The van der Waals surface area contributed by atoms with Gasteiger partial charge in [0.1, 0.15) is 5.75 Å². The van der Waals surface area contributed by atoms with Gasteiger partial charge < -0.3 is 4.90 Å². The summed E-state index contributed by atoms with van der Waals surface area (Å²) in [5.74, 6) is -0.359. The zero-order valence-corrected chi connectivity index (χ0v) is 11.1. The lowest BCUT2D eigenvalue weighted by atomic mass is 10.2. The van der Waals surface area contributed by atoms with Crippen molar-refractivity contribution >= 4 is 27.3 Å². The first kappa shape index (κ1) is 13.8. The Hall–Kier alpha value is -0.290. The van der Waals surface area contributed by atoms with Crippen LogP contribution in [0.25, 0.3) is 0 Å². The van der Waals surface area contributed by atoms with Crippen molar-refractivity contribution in [3.05, 3.63) is 0 Å². The fraction of sp³-hybridized carbons (Fsp3) is 0.900. The third-order valence-corrected chi connectivity index (χ3v) is 3.74. The quantitative estimate of drug-likeness (QED) is 0.700. The number of carbonyl (C=O) groups is 1. The van der Waals surface area contributed by atoms with E-state index in [1.807, 2.05) is 0 Å². The van der Waals surface area contributed by atoms with Crippen molar-refractivity contribution in [2.75, 3.05) is 24.4 Å². The van der Waals surface area contributed by atoms with Crippen molar-refractivity contribution in [1.82, 2.24) is 4.90 Å². The molecule has 0 radical (unpaired) electrons. The summed E-state index contributed by atoms with van der Waals surface area (Å²) in [4.78, 5) is 13.5. The lowest BCUT2D eigenvalue weighted by Gasteiger charge is -2.28. The number of amides is 1. The number of rotatable bonds is 5. The Bertz CT molecular complexity index is 336. The van der Waals surface area contributed by atoms with E-state index in [4.69, 9.17) is 11.6 Å². The van der Waals surface area contributed by atoms with Gasteiger partial charge in [-0.2, -0.15) is 0 Å². The van der Waals surface area contributed by atoms with Crippen LogP contribution >= 0.6 is 11.6 Å². The van der Waals surface area contributed by atoms with Crippen molar-refractivity contribution < 1.29 is 13.2 Å². The molecule has 6 heteroatoms. The molecule has 0 bridgehead atoms. The normalized spacial score (nSPS) is 17.6. The number of alkyl halides is 1. The highest BCUT2D eigenvalue weighted by Gasteiger charge is 2.27. The molecule has 0 spiro atoms. The van der Waals surface area contributed by atoms with Crippen LogP contribution in [0.15, 0.2) is 0 Å². The number of carbonyl (C=O) groups excluding carboxylic acids is 1. The third-order valence-electron chi connectivity index (χ3n) is 2.80. The van der Waals surface area contributed by atoms with Crippen LogP contribution in [0.2, 0.25) is 0 Å². The first-order valence-corrected chi connectivity index (χ1v) is 8.06. The molecule has 1 fully saturated rings. The van der Waals surface area contributed by atoms with Crippen LogP contribution in [0, 0.1) is 0 Å². The molecular weight excluding hydrogens is 250 g/mol. The fourth-order valence-electron chi connectivity index (χ4n) is 2.13. The molecule has 0 atom stereocenters. The number of hydrogen-bond donors (Lipinski definition) is 0. The Balaban J connectivity index is 2.65. The van der Waals surface area contributed by atoms with Gasteiger partial charge >= 0.3 is 0 Å². The second-order valence-electron chi connectivity index (χ2n) is 4.28. The molecule has 0 unspecified atom stereocenters. The van der Waals surface area contributed by atoms with Crippen LogP contribution in [0.4, 0.5) is 0 Å². The van der Waals surface area contributed by atoms with Crippen LogP contribution in [-0.2, 0) is 14.6 Å². The zero-order chi connectivity index (χ0) is 12.2. The van der Waals surface area contributed by atoms with Gasteiger partial charge in [0.15, 0.2) is 9.84 Å². The van der Waals surface area contributed by atoms with Crippen molar-refractivity contribution in [3.63, 3.8) is 0 Å². The van der Waals surface area contributed by atoms with E-state index in [0.717, 1.165) is 31.9 Å². The monoisotopic (exact) mass is 267 g/mol. The first-order valence-electron chi connectivity index (χ1n) is 5.47. The second kappa shape index (κ2) is 5.87. The van der Waals surface area contributed by atoms with Crippen LogP contribution < -0.4 is 0 Å². The van der Waals surface area contributed by atoms with Crippen molar-refractivity contribution in [2.24, 2.45) is 0 Å². The summed E-state index contributed by atoms with van der Waals surface area (Å²) in [5, 5.41) is 0. The van der Waals surface area contributed by atoms with E-state index >= 15 is 0 Å². The molecule has 0 aromatic heterocycles.